The van der Waals surface area contributed by atoms with E-state index in [0.717, 1.165) is 19.3 Å². The number of sulfonamides is 1. The first-order chi connectivity index (χ1) is 9.39. The van der Waals surface area contributed by atoms with Crippen LogP contribution in [0.4, 0.5) is 0 Å². The van der Waals surface area contributed by atoms with Gasteiger partial charge in [0.25, 0.3) is 0 Å². The molecule has 3 rings (SSSR count). The second-order valence-corrected chi connectivity index (χ2v) is 8.15. The van der Waals surface area contributed by atoms with Crippen molar-refractivity contribution in [2.24, 2.45) is 11.7 Å². The molecular weight excluding hydrogens is 316 g/mol. The van der Waals surface area contributed by atoms with Gasteiger partial charge >= 0.3 is 0 Å². The second kappa shape index (κ2) is 4.94. The molecule has 7 heteroatoms. The van der Waals surface area contributed by atoms with E-state index in [1.165, 1.54) is 12.1 Å². The number of benzene rings is 1. The number of rotatable bonds is 3. The minimum atomic E-state index is -3.47. The molecule has 20 heavy (non-hydrogen) atoms. The van der Waals surface area contributed by atoms with Crippen molar-refractivity contribution in [3.05, 3.63) is 28.8 Å². The van der Waals surface area contributed by atoms with Gasteiger partial charge in [-0.3, -0.25) is 0 Å². The lowest BCUT2D eigenvalue weighted by Gasteiger charge is -2.26. The number of halogens is 1. The Morgan fingerprint density at radius 1 is 1.40 bits per heavy atom. The molecule has 1 heterocycles. The van der Waals surface area contributed by atoms with Crippen molar-refractivity contribution in [2.45, 2.75) is 30.2 Å². The first-order valence-electron chi connectivity index (χ1n) is 6.51. The Bertz CT molecular complexity index is 675. The second-order valence-electron chi connectivity index (χ2n) is 5.41. The molecule has 2 bridgehead atoms. The predicted octanol–water partition coefficient (Wildman–Crippen LogP) is 2.15. The molecule has 1 aliphatic carbocycles. The molecule has 2 aliphatic rings. The Hall–Kier alpha value is -0.690. The quantitative estimate of drug-likeness (QED) is 0.862. The van der Waals surface area contributed by atoms with Crippen molar-refractivity contribution >= 4 is 38.8 Å². The van der Waals surface area contributed by atoms with Gasteiger partial charge in [-0.25, -0.2) is 8.42 Å². The van der Waals surface area contributed by atoms with Crippen molar-refractivity contribution in [2.75, 3.05) is 6.54 Å². The van der Waals surface area contributed by atoms with Gasteiger partial charge in [0.1, 0.15) is 4.99 Å². The molecule has 4 nitrogen and oxygen atoms in total. The van der Waals surface area contributed by atoms with E-state index in [2.05, 4.69) is 0 Å². The molecule has 2 unspecified atom stereocenters. The maximum absolute atomic E-state index is 12.7. The number of nitrogens with zero attached hydrogens (tertiary/aromatic N) is 1. The average molecular weight is 331 g/mol. The summed E-state index contributed by atoms with van der Waals surface area (Å²) in [5.74, 6) is 0.515. The van der Waals surface area contributed by atoms with E-state index >= 15 is 0 Å². The van der Waals surface area contributed by atoms with Crippen LogP contribution in [0.5, 0.6) is 0 Å². The number of nitrogens with two attached hydrogens (primary N) is 1. The minimum absolute atomic E-state index is 0.152. The summed E-state index contributed by atoms with van der Waals surface area (Å²) in [6.07, 6.45) is 3.08. The topological polar surface area (TPSA) is 63.4 Å². The van der Waals surface area contributed by atoms with Gasteiger partial charge < -0.3 is 5.73 Å². The summed E-state index contributed by atoms with van der Waals surface area (Å²) in [5.41, 5.74) is 6.04. The Balaban J connectivity index is 1.96. The monoisotopic (exact) mass is 330 g/mol. The summed E-state index contributed by atoms with van der Waals surface area (Å²) in [5, 5.41) is 0.280. The van der Waals surface area contributed by atoms with Gasteiger partial charge in [0.05, 0.1) is 9.92 Å². The third-order valence-corrected chi connectivity index (χ3v) is 6.62. The highest BCUT2D eigenvalue weighted by atomic mass is 35.5. The highest BCUT2D eigenvalue weighted by Crippen LogP contribution is 2.40. The van der Waals surface area contributed by atoms with Crippen LogP contribution in [0.25, 0.3) is 0 Å². The zero-order valence-corrected chi connectivity index (χ0v) is 13.1. The molecule has 2 atom stereocenters. The molecule has 1 aromatic rings. The van der Waals surface area contributed by atoms with Crippen LogP contribution in [0.15, 0.2) is 23.1 Å². The van der Waals surface area contributed by atoms with Gasteiger partial charge in [-0.05, 0) is 43.4 Å². The number of thiocarbonyl (C=S) groups is 1. The van der Waals surface area contributed by atoms with Crippen LogP contribution >= 0.6 is 23.8 Å². The fourth-order valence-corrected chi connectivity index (χ4v) is 5.52. The van der Waals surface area contributed by atoms with Gasteiger partial charge in [0, 0.05) is 18.2 Å². The number of hydrogen-bond acceptors (Lipinski definition) is 3. The van der Waals surface area contributed by atoms with Crippen LogP contribution in [-0.4, -0.2) is 30.3 Å². The standard InChI is InChI=1S/C13H15ClN2O2S2/c14-12-6-10(3-4-11(12)13(15)19)20(17,18)16-7-8-1-2-9(16)5-8/h3-4,6,8-9H,1-2,5,7H2,(H2,15,19). The lowest BCUT2D eigenvalue weighted by molar-refractivity contribution is 0.333. The highest BCUT2D eigenvalue weighted by molar-refractivity contribution is 7.89. The van der Waals surface area contributed by atoms with Gasteiger partial charge in [0.2, 0.25) is 10.0 Å². The van der Waals surface area contributed by atoms with Crippen LogP contribution in [0.1, 0.15) is 24.8 Å². The number of hydrogen-bond donors (Lipinski definition) is 1. The van der Waals surface area contributed by atoms with Crippen molar-refractivity contribution in [1.82, 2.24) is 4.31 Å². The van der Waals surface area contributed by atoms with Crippen molar-refractivity contribution < 1.29 is 8.42 Å². The third-order valence-electron chi connectivity index (χ3n) is 4.17. The van der Waals surface area contributed by atoms with Gasteiger partial charge in [0.15, 0.2) is 0 Å². The van der Waals surface area contributed by atoms with Crippen LogP contribution < -0.4 is 5.73 Å². The van der Waals surface area contributed by atoms with Crippen LogP contribution in [0.2, 0.25) is 5.02 Å². The molecule has 1 saturated heterocycles. The zero-order valence-electron chi connectivity index (χ0n) is 10.8. The molecule has 2 N–H and O–H groups in total. The molecule has 108 valence electrons. The molecule has 1 saturated carbocycles. The minimum Gasteiger partial charge on any atom is -0.389 e. The van der Waals surface area contributed by atoms with Crippen molar-refractivity contribution in [1.29, 1.82) is 0 Å². The molecular formula is C13H15ClN2O2S2. The van der Waals surface area contributed by atoms with Gasteiger partial charge in [-0.1, -0.05) is 23.8 Å². The van der Waals surface area contributed by atoms with E-state index in [0.29, 0.717) is 18.0 Å². The molecule has 0 spiro atoms. The van der Waals surface area contributed by atoms with Gasteiger partial charge in [-0.15, -0.1) is 0 Å². The third kappa shape index (κ3) is 2.24. The van der Waals surface area contributed by atoms with Crippen molar-refractivity contribution in [3.63, 3.8) is 0 Å². The summed E-state index contributed by atoms with van der Waals surface area (Å²) in [6, 6.07) is 4.70. The molecule has 0 amide bonds. The Morgan fingerprint density at radius 2 is 2.15 bits per heavy atom. The fraction of sp³-hybridized carbons (Fsp3) is 0.462. The maximum Gasteiger partial charge on any atom is 0.243 e. The van der Waals surface area contributed by atoms with E-state index < -0.39 is 10.0 Å². The Labute approximate surface area is 128 Å². The maximum atomic E-state index is 12.7. The summed E-state index contributed by atoms with van der Waals surface area (Å²) >= 11 is 10.9. The Kier molecular flexibility index (Phi) is 3.52. The number of fused-ring (bicyclic) bond motifs is 2. The fourth-order valence-electron chi connectivity index (χ4n) is 3.17. The summed E-state index contributed by atoms with van der Waals surface area (Å²) in [4.78, 5) is 0.384. The van der Waals surface area contributed by atoms with Crippen LogP contribution in [0, 0.1) is 5.92 Å². The normalized spacial score (nSPS) is 26.1. The van der Waals surface area contributed by atoms with E-state index in [4.69, 9.17) is 29.6 Å². The van der Waals surface area contributed by atoms with E-state index in [1.807, 2.05) is 0 Å². The zero-order chi connectivity index (χ0) is 14.5. The first kappa shape index (κ1) is 14.3. The van der Waals surface area contributed by atoms with Crippen molar-refractivity contribution in [3.8, 4) is 0 Å². The smallest absolute Gasteiger partial charge is 0.243 e. The SMILES string of the molecule is NC(=S)c1ccc(S(=O)(=O)N2CC3CCC2C3)cc1Cl. The van der Waals surface area contributed by atoms with Gasteiger partial charge in [-0.2, -0.15) is 4.31 Å². The van der Waals surface area contributed by atoms with E-state index in [-0.39, 0.29) is 20.9 Å². The lowest BCUT2D eigenvalue weighted by atomic mass is 10.1. The van der Waals surface area contributed by atoms with E-state index in [9.17, 15) is 8.42 Å². The Morgan fingerprint density at radius 3 is 2.65 bits per heavy atom. The van der Waals surface area contributed by atoms with Crippen LogP contribution in [0.3, 0.4) is 0 Å². The summed E-state index contributed by atoms with van der Waals surface area (Å²) < 4.78 is 26.9. The lowest BCUT2D eigenvalue weighted by Crippen LogP contribution is -2.37. The first-order valence-corrected chi connectivity index (χ1v) is 8.73. The molecule has 2 fully saturated rings. The number of piperidine rings is 1. The highest BCUT2D eigenvalue weighted by Gasteiger charge is 2.44. The molecule has 0 aromatic heterocycles. The molecule has 0 radical (unpaired) electrons. The summed E-state index contributed by atoms with van der Waals surface area (Å²) in [7, 11) is -3.47. The summed E-state index contributed by atoms with van der Waals surface area (Å²) in [6.45, 7) is 0.627. The van der Waals surface area contributed by atoms with Crippen LogP contribution in [-0.2, 0) is 10.0 Å². The molecule has 1 aliphatic heterocycles. The average Bonchev–Trinajstić information content (AvgIpc) is 3.00. The largest absolute Gasteiger partial charge is 0.389 e. The predicted molar refractivity (Wildman–Crippen MR) is 82.4 cm³/mol. The molecule has 1 aromatic carbocycles. The van der Waals surface area contributed by atoms with E-state index in [1.54, 1.807) is 10.4 Å².